The topological polar surface area (TPSA) is 56.7 Å². The lowest BCUT2D eigenvalue weighted by Crippen LogP contribution is -2.49. The smallest absolute Gasteiger partial charge is 0.220 e. The minimum atomic E-state index is 0. The number of aliphatic imine (C=N–C) groups is 1. The largest absolute Gasteiger partial charge is 0.359 e. The molecule has 0 bridgehead atoms. The standard InChI is InChI=1S/C22H34N4O.HI/c1-23-20(27)16-18-10-14-26(15-11-18)21(24-2)25-17-22(12-6-7-13-22)19-8-4-3-5-9-19;/h3-5,8-9,18H,6-7,10-17H2,1-2H3,(H,23,27)(H,24,25);1H. The first kappa shape index (κ1) is 23.0. The first-order valence-corrected chi connectivity index (χ1v) is 10.4. The highest BCUT2D eigenvalue weighted by molar-refractivity contribution is 14.0. The van der Waals surface area contributed by atoms with Crippen LogP contribution in [0.25, 0.3) is 0 Å². The van der Waals surface area contributed by atoms with Crippen LogP contribution in [-0.2, 0) is 10.2 Å². The minimum Gasteiger partial charge on any atom is -0.359 e. The molecule has 1 aromatic rings. The van der Waals surface area contributed by atoms with Crippen molar-refractivity contribution in [2.24, 2.45) is 10.9 Å². The summed E-state index contributed by atoms with van der Waals surface area (Å²) in [6.45, 7) is 2.89. The van der Waals surface area contributed by atoms with Crippen LogP contribution in [0.1, 0.15) is 50.5 Å². The van der Waals surface area contributed by atoms with Gasteiger partial charge in [0.15, 0.2) is 5.96 Å². The highest BCUT2D eigenvalue weighted by atomic mass is 127. The Morgan fingerprint density at radius 2 is 1.82 bits per heavy atom. The van der Waals surface area contributed by atoms with E-state index in [-0.39, 0.29) is 35.3 Å². The molecule has 1 amide bonds. The second kappa shape index (κ2) is 11.0. The summed E-state index contributed by atoms with van der Waals surface area (Å²) in [5, 5.41) is 6.42. The van der Waals surface area contributed by atoms with Crippen molar-refractivity contribution in [2.75, 3.05) is 33.7 Å². The monoisotopic (exact) mass is 498 g/mol. The number of amides is 1. The van der Waals surface area contributed by atoms with E-state index in [0.29, 0.717) is 12.3 Å². The second-order valence-electron chi connectivity index (χ2n) is 8.06. The summed E-state index contributed by atoms with van der Waals surface area (Å²) in [4.78, 5) is 18.5. The van der Waals surface area contributed by atoms with Crippen LogP contribution in [-0.4, -0.2) is 50.5 Å². The summed E-state index contributed by atoms with van der Waals surface area (Å²) in [5.74, 6) is 1.65. The van der Waals surface area contributed by atoms with Crippen LogP contribution in [0.3, 0.4) is 0 Å². The van der Waals surface area contributed by atoms with Gasteiger partial charge in [-0.1, -0.05) is 43.2 Å². The third-order valence-corrected chi connectivity index (χ3v) is 6.41. The SMILES string of the molecule is CN=C(NCC1(c2ccccc2)CCCC1)N1CCC(CC(=O)NC)CC1.I. The molecule has 6 heteroatoms. The number of halogens is 1. The Balaban J connectivity index is 0.00000280. The molecule has 0 radical (unpaired) electrons. The Hall–Kier alpha value is -1.31. The molecule has 156 valence electrons. The van der Waals surface area contributed by atoms with Gasteiger partial charge in [-0.3, -0.25) is 9.79 Å². The maximum Gasteiger partial charge on any atom is 0.220 e. The quantitative estimate of drug-likeness (QED) is 0.371. The van der Waals surface area contributed by atoms with E-state index in [2.05, 4.69) is 50.9 Å². The number of benzene rings is 1. The van der Waals surface area contributed by atoms with Crippen molar-refractivity contribution >= 4 is 35.8 Å². The Kier molecular flexibility index (Phi) is 9.05. The number of hydrogen-bond acceptors (Lipinski definition) is 2. The molecule has 2 aliphatic rings. The molecule has 0 spiro atoms. The summed E-state index contributed by atoms with van der Waals surface area (Å²) >= 11 is 0. The summed E-state index contributed by atoms with van der Waals surface area (Å²) in [5.41, 5.74) is 1.68. The van der Waals surface area contributed by atoms with Gasteiger partial charge in [0.05, 0.1) is 0 Å². The van der Waals surface area contributed by atoms with Crippen molar-refractivity contribution in [1.82, 2.24) is 15.5 Å². The second-order valence-corrected chi connectivity index (χ2v) is 8.06. The lowest BCUT2D eigenvalue weighted by molar-refractivity contribution is -0.121. The highest BCUT2D eigenvalue weighted by Gasteiger charge is 2.36. The maximum atomic E-state index is 11.6. The van der Waals surface area contributed by atoms with Crippen molar-refractivity contribution in [1.29, 1.82) is 0 Å². The fourth-order valence-electron chi connectivity index (χ4n) is 4.70. The van der Waals surface area contributed by atoms with Crippen LogP contribution < -0.4 is 10.6 Å². The molecule has 2 N–H and O–H groups in total. The molecule has 0 aromatic heterocycles. The lowest BCUT2D eigenvalue weighted by Gasteiger charge is -2.36. The van der Waals surface area contributed by atoms with Gasteiger partial charge in [0.1, 0.15) is 0 Å². The molecule has 28 heavy (non-hydrogen) atoms. The zero-order valence-electron chi connectivity index (χ0n) is 17.2. The third kappa shape index (κ3) is 5.61. The molecule has 5 nitrogen and oxygen atoms in total. The Labute approximate surface area is 186 Å². The van der Waals surface area contributed by atoms with Gasteiger partial charge in [-0.15, -0.1) is 24.0 Å². The number of nitrogens with zero attached hydrogens (tertiary/aromatic N) is 2. The van der Waals surface area contributed by atoms with Crippen LogP contribution in [0.4, 0.5) is 0 Å². The van der Waals surface area contributed by atoms with E-state index in [9.17, 15) is 4.79 Å². The first-order valence-electron chi connectivity index (χ1n) is 10.4. The van der Waals surface area contributed by atoms with E-state index in [1.165, 1.54) is 31.2 Å². The summed E-state index contributed by atoms with van der Waals surface area (Å²) in [6.07, 6.45) is 7.86. The van der Waals surface area contributed by atoms with E-state index in [1.807, 2.05) is 7.05 Å². The van der Waals surface area contributed by atoms with Crippen LogP contribution >= 0.6 is 24.0 Å². The zero-order valence-corrected chi connectivity index (χ0v) is 19.6. The van der Waals surface area contributed by atoms with Gasteiger partial charge in [-0.25, -0.2) is 0 Å². The molecule has 1 aliphatic heterocycles. The van der Waals surface area contributed by atoms with Crippen molar-refractivity contribution in [2.45, 2.75) is 50.4 Å². The fraction of sp³-hybridized carbons (Fsp3) is 0.636. The molecule has 1 saturated heterocycles. The minimum absolute atomic E-state index is 0. The van der Waals surface area contributed by atoms with E-state index in [4.69, 9.17) is 0 Å². The number of likely N-dealkylation sites (tertiary alicyclic amines) is 1. The zero-order chi connectivity index (χ0) is 19.1. The van der Waals surface area contributed by atoms with Crippen molar-refractivity contribution in [3.05, 3.63) is 35.9 Å². The lowest BCUT2D eigenvalue weighted by atomic mass is 9.79. The molecule has 0 unspecified atom stereocenters. The van der Waals surface area contributed by atoms with Crippen LogP contribution in [0.2, 0.25) is 0 Å². The molecule has 0 atom stereocenters. The van der Waals surface area contributed by atoms with Crippen LogP contribution in [0, 0.1) is 5.92 Å². The van der Waals surface area contributed by atoms with Gasteiger partial charge >= 0.3 is 0 Å². The van der Waals surface area contributed by atoms with Gasteiger partial charge < -0.3 is 15.5 Å². The average molecular weight is 498 g/mol. The Morgan fingerprint density at radius 3 is 2.39 bits per heavy atom. The Bertz CT molecular complexity index is 635. The number of rotatable bonds is 5. The third-order valence-electron chi connectivity index (χ3n) is 6.41. The van der Waals surface area contributed by atoms with Gasteiger partial charge in [-0.05, 0) is 37.2 Å². The molecule has 2 fully saturated rings. The number of hydrogen-bond donors (Lipinski definition) is 2. The summed E-state index contributed by atoms with van der Waals surface area (Å²) in [6, 6.07) is 11.0. The number of carbonyl (C=O) groups is 1. The molecule has 3 rings (SSSR count). The van der Waals surface area contributed by atoms with Gasteiger partial charge in [0.2, 0.25) is 5.91 Å². The predicted molar refractivity (Wildman–Crippen MR) is 126 cm³/mol. The maximum absolute atomic E-state index is 11.6. The fourth-order valence-corrected chi connectivity index (χ4v) is 4.70. The molecule has 1 saturated carbocycles. The van der Waals surface area contributed by atoms with Crippen molar-refractivity contribution in [3.8, 4) is 0 Å². The molecular weight excluding hydrogens is 463 g/mol. The van der Waals surface area contributed by atoms with E-state index in [0.717, 1.165) is 38.4 Å². The highest BCUT2D eigenvalue weighted by Crippen LogP contribution is 2.40. The first-order chi connectivity index (χ1) is 13.2. The molecule has 1 aliphatic carbocycles. The van der Waals surface area contributed by atoms with E-state index < -0.39 is 0 Å². The van der Waals surface area contributed by atoms with Crippen LogP contribution in [0.5, 0.6) is 0 Å². The van der Waals surface area contributed by atoms with Gasteiger partial charge in [0.25, 0.3) is 0 Å². The summed E-state index contributed by atoms with van der Waals surface area (Å²) < 4.78 is 0. The number of guanidine groups is 1. The normalized spacial score (nSPS) is 19.8. The van der Waals surface area contributed by atoms with Crippen LogP contribution in [0.15, 0.2) is 35.3 Å². The summed E-state index contributed by atoms with van der Waals surface area (Å²) in [7, 11) is 3.59. The van der Waals surface area contributed by atoms with E-state index in [1.54, 1.807) is 7.05 Å². The van der Waals surface area contributed by atoms with Gasteiger partial charge in [0, 0.05) is 45.6 Å². The number of nitrogens with one attached hydrogen (secondary N) is 2. The molecule has 1 heterocycles. The molecular formula is C22H35IN4O. The predicted octanol–water partition coefficient (Wildman–Crippen LogP) is 3.54. The Morgan fingerprint density at radius 1 is 1.18 bits per heavy atom. The van der Waals surface area contributed by atoms with Gasteiger partial charge in [-0.2, -0.15) is 0 Å². The van der Waals surface area contributed by atoms with E-state index >= 15 is 0 Å². The molecule has 1 aromatic carbocycles. The average Bonchev–Trinajstić information content (AvgIpc) is 3.20. The van der Waals surface area contributed by atoms with Crippen molar-refractivity contribution < 1.29 is 4.79 Å². The van der Waals surface area contributed by atoms with Crippen molar-refractivity contribution in [3.63, 3.8) is 0 Å². The number of piperidine rings is 1. The number of carbonyl (C=O) groups excluding carboxylic acids is 1.